The van der Waals surface area contributed by atoms with Crippen LogP contribution in [0.1, 0.15) is 31.4 Å². The van der Waals surface area contributed by atoms with Gasteiger partial charge in [-0.1, -0.05) is 17.7 Å². The molecule has 0 aromatic heterocycles. The zero-order chi connectivity index (χ0) is 12.3. The van der Waals surface area contributed by atoms with Gasteiger partial charge in [0.1, 0.15) is 0 Å². The number of halogens is 1. The topological polar surface area (TPSA) is 29.5 Å². The van der Waals surface area contributed by atoms with E-state index >= 15 is 0 Å². The minimum Gasteiger partial charge on any atom is -0.389 e. The van der Waals surface area contributed by atoms with Crippen LogP contribution in [0.5, 0.6) is 0 Å². The van der Waals surface area contributed by atoms with Crippen LogP contribution >= 0.6 is 23.4 Å². The normalized spacial score (nSPS) is 21.7. The van der Waals surface area contributed by atoms with Gasteiger partial charge in [0.05, 0.1) is 12.2 Å². The van der Waals surface area contributed by atoms with Crippen molar-refractivity contribution in [2.24, 2.45) is 0 Å². The molecule has 1 aliphatic heterocycles. The number of hydrogen-bond acceptors (Lipinski definition) is 3. The third-order valence-electron chi connectivity index (χ3n) is 2.88. The molecule has 0 spiro atoms. The van der Waals surface area contributed by atoms with Gasteiger partial charge in [0.2, 0.25) is 0 Å². The number of hydrogen-bond donors (Lipinski definition) is 1. The highest BCUT2D eigenvalue weighted by Crippen LogP contribution is 2.30. The van der Waals surface area contributed by atoms with Crippen LogP contribution in [0.2, 0.25) is 5.02 Å². The van der Waals surface area contributed by atoms with Gasteiger partial charge < -0.3 is 9.84 Å². The maximum Gasteiger partial charge on any atom is 0.0776 e. The second-order valence-corrected chi connectivity index (χ2v) is 5.81. The lowest BCUT2D eigenvalue weighted by Crippen LogP contribution is -2.07. The molecule has 94 valence electrons. The van der Waals surface area contributed by atoms with E-state index in [1.54, 1.807) is 18.7 Å². The van der Waals surface area contributed by atoms with E-state index in [0.29, 0.717) is 11.1 Å². The molecule has 1 saturated heterocycles. The smallest absolute Gasteiger partial charge is 0.0776 e. The van der Waals surface area contributed by atoms with E-state index < -0.39 is 6.10 Å². The van der Waals surface area contributed by atoms with E-state index in [-0.39, 0.29) is 0 Å². The number of aliphatic hydroxyl groups is 1. The van der Waals surface area contributed by atoms with Crippen LogP contribution in [0, 0.1) is 0 Å². The van der Waals surface area contributed by atoms with Crippen LogP contribution in [-0.2, 0) is 4.74 Å². The average molecular weight is 273 g/mol. The number of benzene rings is 1. The summed E-state index contributed by atoms with van der Waals surface area (Å²) in [6, 6.07) is 5.82. The lowest BCUT2D eigenvalue weighted by Gasteiger charge is -2.11. The molecule has 0 amide bonds. The lowest BCUT2D eigenvalue weighted by molar-refractivity contribution is 0.129. The molecular formula is C13H17ClO2S. The van der Waals surface area contributed by atoms with E-state index in [1.807, 2.05) is 18.2 Å². The summed E-state index contributed by atoms with van der Waals surface area (Å²) in [5.74, 6) is 0.977. The van der Waals surface area contributed by atoms with E-state index in [4.69, 9.17) is 16.3 Å². The van der Waals surface area contributed by atoms with Gasteiger partial charge in [-0.2, -0.15) is 0 Å². The Kier molecular flexibility index (Phi) is 4.74. The molecule has 0 bridgehead atoms. The van der Waals surface area contributed by atoms with Crippen molar-refractivity contribution in [3.63, 3.8) is 0 Å². The summed E-state index contributed by atoms with van der Waals surface area (Å²) in [5, 5.41) is 10.1. The summed E-state index contributed by atoms with van der Waals surface area (Å²) in [4.78, 5) is 1.13. The molecule has 1 heterocycles. The van der Waals surface area contributed by atoms with Gasteiger partial charge in [-0.15, -0.1) is 11.8 Å². The fourth-order valence-electron chi connectivity index (χ4n) is 1.90. The van der Waals surface area contributed by atoms with Crippen LogP contribution in [0.15, 0.2) is 23.1 Å². The van der Waals surface area contributed by atoms with Crippen LogP contribution in [0.3, 0.4) is 0 Å². The third-order valence-corrected chi connectivity index (χ3v) is 4.33. The number of thioether (sulfide) groups is 1. The Bertz CT molecular complexity index is 376. The monoisotopic (exact) mass is 272 g/mol. The van der Waals surface area contributed by atoms with Crippen molar-refractivity contribution < 1.29 is 9.84 Å². The Morgan fingerprint density at radius 3 is 3.00 bits per heavy atom. The maximum atomic E-state index is 9.49. The first-order chi connectivity index (χ1) is 8.16. The Hall–Kier alpha value is -0.220. The second-order valence-electron chi connectivity index (χ2n) is 4.31. The Morgan fingerprint density at radius 1 is 1.59 bits per heavy atom. The van der Waals surface area contributed by atoms with E-state index in [9.17, 15) is 5.11 Å². The van der Waals surface area contributed by atoms with Crippen LogP contribution in [-0.4, -0.2) is 23.6 Å². The average Bonchev–Trinajstić information content (AvgIpc) is 2.78. The van der Waals surface area contributed by atoms with Crippen molar-refractivity contribution in [1.82, 2.24) is 0 Å². The first kappa shape index (κ1) is 13.2. The predicted molar refractivity (Wildman–Crippen MR) is 71.8 cm³/mol. The fraction of sp³-hybridized carbons (Fsp3) is 0.538. The van der Waals surface area contributed by atoms with E-state index in [1.165, 1.54) is 6.42 Å². The predicted octanol–water partition coefficient (Wildman–Crippen LogP) is 3.66. The van der Waals surface area contributed by atoms with Gasteiger partial charge in [0.15, 0.2) is 0 Å². The van der Waals surface area contributed by atoms with Crippen molar-refractivity contribution in [2.45, 2.75) is 36.9 Å². The second kappa shape index (κ2) is 6.10. The van der Waals surface area contributed by atoms with Crippen molar-refractivity contribution in [3.8, 4) is 0 Å². The molecular weight excluding hydrogens is 256 g/mol. The molecule has 1 aromatic carbocycles. The summed E-state index contributed by atoms with van der Waals surface area (Å²) >= 11 is 7.88. The molecule has 0 radical (unpaired) electrons. The van der Waals surface area contributed by atoms with Crippen molar-refractivity contribution >= 4 is 23.4 Å². The molecule has 1 aromatic rings. The molecule has 0 saturated carbocycles. The van der Waals surface area contributed by atoms with Gasteiger partial charge in [-0.3, -0.25) is 0 Å². The molecule has 1 N–H and O–H groups in total. The maximum absolute atomic E-state index is 9.49. The van der Waals surface area contributed by atoms with Gasteiger partial charge in [-0.05, 0) is 37.5 Å². The Balaban J connectivity index is 1.94. The summed E-state index contributed by atoms with van der Waals surface area (Å²) < 4.78 is 5.57. The molecule has 2 unspecified atom stereocenters. The zero-order valence-corrected chi connectivity index (χ0v) is 11.4. The van der Waals surface area contributed by atoms with Crippen molar-refractivity contribution in [2.75, 3.05) is 12.4 Å². The molecule has 2 rings (SSSR count). The molecule has 4 heteroatoms. The highest BCUT2D eigenvalue weighted by molar-refractivity contribution is 7.99. The fourth-order valence-corrected chi connectivity index (χ4v) is 3.31. The van der Waals surface area contributed by atoms with Crippen LogP contribution in [0.25, 0.3) is 0 Å². The minimum atomic E-state index is -0.514. The number of rotatable bonds is 4. The molecule has 1 aliphatic rings. The highest BCUT2D eigenvalue weighted by Gasteiger charge is 2.16. The SMILES string of the molecule is CC(O)c1ccc(SCC2CCCO2)cc1Cl. The summed E-state index contributed by atoms with van der Waals surface area (Å²) in [6.07, 6.45) is 2.20. The molecule has 2 atom stereocenters. The standard InChI is InChI=1S/C13H17ClO2S/c1-9(15)12-5-4-11(7-13(12)14)17-8-10-3-2-6-16-10/h4-5,7,9-10,15H,2-3,6,8H2,1H3. The molecule has 1 fully saturated rings. The van der Waals surface area contributed by atoms with Gasteiger partial charge in [-0.25, -0.2) is 0 Å². The largest absolute Gasteiger partial charge is 0.389 e. The minimum absolute atomic E-state index is 0.384. The number of aliphatic hydroxyl groups excluding tert-OH is 1. The summed E-state index contributed by atoms with van der Waals surface area (Å²) in [6.45, 7) is 2.62. The zero-order valence-electron chi connectivity index (χ0n) is 9.86. The first-order valence-electron chi connectivity index (χ1n) is 5.88. The van der Waals surface area contributed by atoms with Gasteiger partial charge in [0.25, 0.3) is 0 Å². The highest BCUT2D eigenvalue weighted by atomic mass is 35.5. The first-order valence-corrected chi connectivity index (χ1v) is 7.25. The van der Waals surface area contributed by atoms with E-state index in [2.05, 4.69) is 0 Å². The Morgan fingerprint density at radius 2 is 2.41 bits per heavy atom. The molecule has 17 heavy (non-hydrogen) atoms. The number of ether oxygens (including phenoxy) is 1. The van der Waals surface area contributed by atoms with Crippen LogP contribution < -0.4 is 0 Å². The van der Waals surface area contributed by atoms with Crippen LogP contribution in [0.4, 0.5) is 0 Å². The Labute approximate surface area is 111 Å². The van der Waals surface area contributed by atoms with E-state index in [0.717, 1.165) is 29.2 Å². The van der Waals surface area contributed by atoms with Crippen molar-refractivity contribution in [1.29, 1.82) is 0 Å². The molecule has 0 aliphatic carbocycles. The summed E-state index contributed by atoms with van der Waals surface area (Å²) in [7, 11) is 0. The lowest BCUT2D eigenvalue weighted by atomic mass is 10.1. The van der Waals surface area contributed by atoms with Gasteiger partial charge >= 0.3 is 0 Å². The van der Waals surface area contributed by atoms with Gasteiger partial charge in [0, 0.05) is 22.3 Å². The quantitative estimate of drug-likeness (QED) is 0.848. The third kappa shape index (κ3) is 3.62. The molecule has 2 nitrogen and oxygen atoms in total. The summed E-state index contributed by atoms with van der Waals surface area (Å²) in [5.41, 5.74) is 0.785. The van der Waals surface area contributed by atoms with Crippen molar-refractivity contribution in [3.05, 3.63) is 28.8 Å².